The van der Waals surface area contributed by atoms with E-state index in [1.54, 1.807) is 0 Å². The molecule has 1 saturated carbocycles. The molecule has 3 heteroatoms. The van der Waals surface area contributed by atoms with E-state index in [1.807, 2.05) is 0 Å². The summed E-state index contributed by atoms with van der Waals surface area (Å²) in [6.45, 7) is 4.91. The average molecular weight is 253 g/mol. The molecule has 2 saturated heterocycles. The Kier molecular flexibility index (Phi) is 3.92. The lowest BCUT2D eigenvalue weighted by Gasteiger charge is -2.39. The molecule has 0 aromatic rings. The van der Waals surface area contributed by atoms with Gasteiger partial charge in [-0.15, -0.1) is 0 Å². The summed E-state index contributed by atoms with van der Waals surface area (Å²) in [5.41, 5.74) is 0.0494. The van der Waals surface area contributed by atoms with E-state index in [-0.39, 0.29) is 5.60 Å². The van der Waals surface area contributed by atoms with Crippen LogP contribution in [0.25, 0.3) is 0 Å². The summed E-state index contributed by atoms with van der Waals surface area (Å²) in [5.74, 6) is 1.02. The van der Waals surface area contributed by atoms with Gasteiger partial charge in [-0.25, -0.2) is 0 Å². The maximum absolute atomic E-state index is 6.00. The quantitative estimate of drug-likeness (QED) is 0.816. The fraction of sp³-hybridized carbons (Fsp3) is 1.00. The van der Waals surface area contributed by atoms with Crippen LogP contribution in [0.4, 0.5) is 0 Å². The molecule has 3 rings (SSSR count). The van der Waals surface area contributed by atoms with Gasteiger partial charge in [0, 0.05) is 31.7 Å². The Bertz CT molecular complexity index is 272. The first-order chi connectivity index (χ1) is 8.80. The highest BCUT2D eigenvalue weighted by Gasteiger charge is 2.41. The molecule has 18 heavy (non-hydrogen) atoms. The van der Waals surface area contributed by atoms with Gasteiger partial charge in [0.1, 0.15) is 0 Å². The van der Waals surface area contributed by atoms with E-state index in [0.29, 0.717) is 6.04 Å². The summed E-state index contributed by atoms with van der Waals surface area (Å²) in [4.78, 5) is 0. The zero-order valence-electron chi connectivity index (χ0n) is 11.6. The molecule has 3 fully saturated rings. The molecule has 3 aliphatic rings. The summed E-state index contributed by atoms with van der Waals surface area (Å²) in [6.07, 6.45) is 8.98. The molecule has 1 N–H and O–H groups in total. The van der Waals surface area contributed by atoms with Crippen molar-refractivity contribution in [1.82, 2.24) is 5.32 Å². The molecule has 3 nitrogen and oxygen atoms in total. The van der Waals surface area contributed by atoms with Crippen molar-refractivity contribution < 1.29 is 9.47 Å². The van der Waals surface area contributed by atoms with Crippen molar-refractivity contribution in [3.8, 4) is 0 Å². The molecule has 0 aromatic carbocycles. The second kappa shape index (κ2) is 5.48. The van der Waals surface area contributed by atoms with E-state index in [4.69, 9.17) is 9.47 Å². The second-order valence-corrected chi connectivity index (χ2v) is 6.47. The zero-order chi connectivity index (χ0) is 12.4. The molecule has 0 radical (unpaired) electrons. The first-order valence-electron chi connectivity index (χ1n) is 7.77. The van der Waals surface area contributed by atoms with Gasteiger partial charge in [0.15, 0.2) is 0 Å². The van der Waals surface area contributed by atoms with Gasteiger partial charge in [-0.2, -0.15) is 0 Å². The SMILES string of the molecule is CCC(CC1CC1)NC1CCOC2(CCOC2)C1. The minimum atomic E-state index is 0.0494. The van der Waals surface area contributed by atoms with Gasteiger partial charge in [-0.1, -0.05) is 19.8 Å². The second-order valence-electron chi connectivity index (χ2n) is 6.47. The highest BCUT2D eigenvalue weighted by atomic mass is 16.6. The maximum atomic E-state index is 6.00. The van der Waals surface area contributed by atoms with Gasteiger partial charge < -0.3 is 14.8 Å². The van der Waals surface area contributed by atoms with E-state index in [0.717, 1.165) is 44.6 Å². The van der Waals surface area contributed by atoms with E-state index < -0.39 is 0 Å². The largest absolute Gasteiger partial charge is 0.378 e. The van der Waals surface area contributed by atoms with E-state index >= 15 is 0 Å². The lowest BCUT2D eigenvalue weighted by molar-refractivity contribution is -0.0905. The average Bonchev–Trinajstić information content (AvgIpc) is 3.09. The van der Waals surface area contributed by atoms with E-state index in [1.165, 1.54) is 32.1 Å². The van der Waals surface area contributed by atoms with Crippen LogP contribution in [0.1, 0.15) is 51.9 Å². The van der Waals surface area contributed by atoms with Crippen LogP contribution in [0.3, 0.4) is 0 Å². The maximum Gasteiger partial charge on any atom is 0.0951 e. The van der Waals surface area contributed by atoms with Crippen molar-refractivity contribution in [3.63, 3.8) is 0 Å². The predicted molar refractivity (Wildman–Crippen MR) is 71.7 cm³/mol. The van der Waals surface area contributed by atoms with Crippen molar-refractivity contribution >= 4 is 0 Å². The van der Waals surface area contributed by atoms with Gasteiger partial charge >= 0.3 is 0 Å². The summed E-state index contributed by atoms with van der Waals surface area (Å²) in [7, 11) is 0. The third kappa shape index (κ3) is 3.06. The Morgan fingerprint density at radius 3 is 2.83 bits per heavy atom. The van der Waals surface area contributed by atoms with Crippen molar-refractivity contribution in [3.05, 3.63) is 0 Å². The Balaban J connectivity index is 1.51. The van der Waals surface area contributed by atoms with Crippen molar-refractivity contribution in [2.75, 3.05) is 19.8 Å². The molecule has 104 valence electrons. The Morgan fingerprint density at radius 1 is 1.28 bits per heavy atom. The van der Waals surface area contributed by atoms with Crippen LogP contribution in [-0.2, 0) is 9.47 Å². The molecule has 2 aliphatic heterocycles. The van der Waals surface area contributed by atoms with Crippen LogP contribution in [0.5, 0.6) is 0 Å². The summed E-state index contributed by atoms with van der Waals surface area (Å²) in [6, 6.07) is 1.36. The van der Waals surface area contributed by atoms with Gasteiger partial charge in [-0.05, 0) is 31.6 Å². The number of hydrogen-bond donors (Lipinski definition) is 1. The lowest BCUT2D eigenvalue weighted by atomic mass is 9.89. The number of rotatable bonds is 5. The molecule has 1 spiro atoms. The summed E-state index contributed by atoms with van der Waals surface area (Å²) in [5, 5.41) is 3.89. The van der Waals surface area contributed by atoms with Gasteiger partial charge in [0.25, 0.3) is 0 Å². The van der Waals surface area contributed by atoms with Crippen molar-refractivity contribution in [2.24, 2.45) is 5.92 Å². The molecule has 3 unspecified atom stereocenters. The number of ether oxygens (including phenoxy) is 2. The highest BCUT2D eigenvalue weighted by molar-refractivity contribution is 4.94. The van der Waals surface area contributed by atoms with Crippen LogP contribution in [0.2, 0.25) is 0 Å². The van der Waals surface area contributed by atoms with Crippen LogP contribution in [0, 0.1) is 5.92 Å². The van der Waals surface area contributed by atoms with E-state index in [2.05, 4.69) is 12.2 Å². The Labute approximate surface area is 111 Å². The first kappa shape index (κ1) is 12.9. The third-order valence-corrected chi connectivity index (χ3v) is 4.84. The molecule has 0 aromatic heterocycles. The smallest absolute Gasteiger partial charge is 0.0951 e. The summed E-state index contributed by atoms with van der Waals surface area (Å²) < 4.78 is 11.5. The van der Waals surface area contributed by atoms with Gasteiger partial charge in [0.05, 0.1) is 12.2 Å². The molecular formula is C15H27NO2. The summed E-state index contributed by atoms with van der Waals surface area (Å²) >= 11 is 0. The number of hydrogen-bond acceptors (Lipinski definition) is 3. The lowest BCUT2D eigenvalue weighted by Crippen LogP contribution is -2.50. The van der Waals surface area contributed by atoms with Crippen LogP contribution in [-0.4, -0.2) is 37.5 Å². The van der Waals surface area contributed by atoms with E-state index in [9.17, 15) is 0 Å². The minimum absolute atomic E-state index is 0.0494. The monoisotopic (exact) mass is 253 g/mol. The highest BCUT2D eigenvalue weighted by Crippen LogP contribution is 2.36. The Morgan fingerprint density at radius 2 is 2.17 bits per heavy atom. The van der Waals surface area contributed by atoms with Crippen molar-refractivity contribution in [2.45, 2.75) is 69.6 Å². The predicted octanol–water partition coefficient (Wildman–Crippen LogP) is 2.49. The molecule has 1 aliphatic carbocycles. The fourth-order valence-electron chi connectivity index (χ4n) is 3.48. The molecular weight excluding hydrogens is 226 g/mol. The normalized spacial score (nSPS) is 38.2. The minimum Gasteiger partial charge on any atom is -0.378 e. The van der Waals surface area contributed by atoms with Crippen LogP contribution >= 0.6 is 0 Å². The van der Waals surface area contributed by atoms with Gasteiger partial charge in [0.2, 0.25) is 0 Å². The van der Waals surface area contributed by atoms with Crippen molar-refractivity contribution in [1.29, 1.82) is 0 Å². The van der Waals surface area contributed by atoms with Gasteiger partial charge in [-0.3, -0.25) is 0 Å². The number of nitrogens with one attached hydrogen (secondary N) is 1. The molecule has 2 heterocycles. The topological polar surface area (TPSA) is 30.5 Å². The molecule has 0 bridgehead atoms. The fourth-order valence-corrected chi connectivity index (χ4v) is 3.48. The zero-order valence-corrected chi connectivity index (χ0v) is 11.6. The molecule has 0 amide bonds. The standard InChI is InChI=1S/C15H27NO2/c1-2-13(9-12-3-4-12)16-14-5-7-18-15(10-14)6-8-17-11-15/h12-14,16H,2-11H2,1H3. The van der Waals surface area contributed by atoms with Crippen LogP contribution < -0.4 is 5.32 Å². The first-order valence-corrected chi connectivity index (χ1v) is 7.77. The Hall–Kier alpha value is -0.120. The third-order valence-electron chi connectivity index (χ3n) is 4.84. The molecule has 3 atom stereocenters. The van der Waals surface area contributed by atoms with Crippen LogP contribution in [0.15, 0.2) is 0 Å².